The van der Waals surface area contributed by atoms with E-state index in [-0.39, 0.29) is 6.42 Å². The van der Waals surface area contributed by atoms with E-state index < -0.39 is 86.3 Å². The van der Waals surface area contributed by atoms with Crippen molar-refractivity contribution in [3.05, 3.63) is 32.9 Å². The third-order valence-corrected chi connectivity index (χ3v) is 6.17. The minimum absolute atomic E-state index is 0.197. The average molecular weight is 554 g/mol. The zero-order valence-electron chi connectivity index (χ0n) is 21.3. The van der Waals surface area contributed by atoms with Crippen LogP contribution in [-0.2, 0) is 41.9 Å². The maximum atomic E-state index is 13.6. The second kappa shape index (κ2) is 12.0. The Morgan fingerprint density at radius 3 is 2.08 bits per heavy atom. The Labute approximate surface area is 211 Å². The second-order valence-corrected chi connectivity index (χ2v) is 11.8. The van der Waals surface area contributed by atoms with Gasteiger partial charge in [0.05, 0.1) is 29.7 Å². The van der Waals surface area contributed by atoms with Crippen molar-refractivity contribution in [2.75, 3.05) is 20.2 Å². The lowest BCUT2D eigenvalue weighted by Gasteiger charge is -2.23. The van der Waals surface area contributed by atoms with Crippen LogP contribution in [-0.4, -0.2) is 59.0 Å². The van der Waals surface area contributed by atoms with Crippen molar-refractivity contribution in [3.8, 4) is 0 Å². The van der Waals surface area contributed by atoms with E-state index in [0.29, 0.717) is 6.20 Å². The fraction of sp³-hybridized carbons (Fsp3) is 0.714. The van der Waals surface area contributed by atoms with Gasteiger partial charge in [-0.3, -0.25) is 28.5 Å². The lowest BCUT2D eigenvalue weighted by molar-refractivity contribution is -0.163. The zero-order chi connectivity index (χ0) is 28.2. The molecule has 1 aliphatic heterocycles. The van der Waals surface area contributed by atoms with Crippen LogP contribution in [0.3, 0.4) is 0 Å². The van der Waals surface area contributed by atoms with Crippen LogP contribution >= 0.6 is 7.82 Å². The molecule has 0 amide bonds. The molecule has 37 heavy (non-hydrogen) atoms. The number of carbonyl (C=O) groups excluding carboxylic acids is 2. The third-order valence-electron chi connectivity index (χ3n) is 4.86. The van der Waals surface area contributed by atoms with Gasteiger partial charge in [0.2, 0.25) is 19.4 Å². The summed E-state index contributed by atoms with van der Waals surface area (Å²) in [6.07, 6.45) is -3.20. The number of phosphoric acid groups is 1. The van der Waals surface area contributed by atoms with E-state index in [1.165, 1.54) is 0 Å². The van der Waals surface area contributed by atoms with Crippen molar-refractivity contribution in [2.24, 2.45) is 10.8 Å². The maximum absolute atomic E-state index is 13.6. The average Bonchev–Trinajstić information content (AvgIpc) is 3.13. The highest BCUT2D eigenvalue weighted by molar-refractivity contribution is 7.48. The van der Waals surface area contributed by atoms with Crippen molar-refractivity contribution in [3.63, 3.8) is 0 Å². The summed E-state index contributed by atoms with van der Waals surface area (Å²) in [6, 6.07) is 0. The van der Waals surface area contributed by atoms with Gasteiger partial charge in [0, 0.05) is 6.42 Å². The van der Waals surface area contributed by atoms with Crippen molar-refractivity contribution in [2.45, 2.75) is 66.4 Å². The fourth-order valence-electron chi connectivity index (χ4n) is 2.71. The molecular weight excluding hydrogens is 522 g/mol. The normalized spacial score (nSPS) is 20.6. The highest BCUT2D eigenvalue weighted by atomic mass is 31.2. The smallest absolute Gasteiger partial charge is 0.437 e. The quantitative estimate of drug-likeness (QED) is 0.242. The molecule has 2 N–H and O–H groups in total. The molecule has 1 fully saturated rings. The number of esters is 2. The summed E-state index contributed by atoms with van der Waals surface area (Å²) < 4.78 is 58.0. The number of hydrogen-bond donors (Lipinski definition) is 2. The Hall–Kier alpha value is -2.42. The summed E-state index contributed by atoms with van der Waals surface area (Å²) in [5.41, 5.74) is -3.95. The number of nitrogens with zero attached hydrogens (tertiary/aromatic N) is 1. The molecule has 1 unspecified atom stereocenters. The predicted octanol–water partition coefficient (Wildman–Crippen LogP) is 1.58. The minimum Gasteiger partial charge on any atom is -0.437 e. The summed E-state index contributed by atoms with van der Waals surface area (Å²) in [6.45, 7) is 7.24. The highest BCUT2D eigenvalue weighted by Crippen LogP contribution is 2.50. The van der Waals surface area contributed by atoms with Gasteiger partial charge in [-0.05, 0) is 41.5 Å². The largest absolute Gasteiger partial charge is 0.480 e. The van der Waals surface area contributed by atoms with Crippen LogP contribution in [0.15, 0.2) is 15.8 Å². The summed E-state index contributed by atoms with van der Waals surface area (Å²) in [5.74, 6) is -2.58. The molecule has 0 bridgehead atoms. The van der Waals surface area contributed by atoms with Crippen molar-refractivity contribution in [1.82, 2.24) is 9.55 Å². The molecule has 0 spiro atoms. The van der Waals surface area contributed by atoms with Gasteiger partial charge in [0.25, 0.3) is 5.56 Å². The number of halogens is 1. The van der Waals surface area contributed by atoms with Crippen LogP contribution in [0.1, 0.15) is 54.2 Å². The maximum Gasteiger partial charge on any atom is 0.480 e. The number of hydrogen-bond acceptors (Lipinski definition) is 12. The van der Waals surface area contributed by atoms with Gasteiger partial charge in [-0.2, -0.15) is 4.39 Å². The molecule has 0 aromatic carbocycles. The molecule has 14 nitrogen and oxygen atoms in total. The minimum atomic E-state index is -4.55. The van der Waals surface area contributed by atoms with Gasteiger partial charge in [0.1, 0.15) is 12.3 Å². The van der Waals surface area contributed by atoms with Crippen LogP contribution in [0.4, 0.5) is 4.39 Å². The Morgan fingerprint density at radius 2 is 1.59 bits per heavy atom. The molecule has 2 heterocycles. The summed E-state index contributed by atoms with van der Waals surface area (Å²) in [7, 11) is -4.55. The monoisotopic (exact) mass is 554 g/mol. The highest BCUT2D eigenvalue weighted by Gasteiger charge is 2.39. The molecule has 0 saturated carbocycles. The van der Waals surface area contributed by atoms with Gasteiger partial charge in [-0.25, -0.2) is 18.4 Å². The van der Waals surface area contributed by atoms with Crippen molar-refractivity contribution < 1.29 is 51.4 Å². The van der Waals surface area contributed by atoms with E-state index in [2.05, 4.69) is 0 Å². The van der Waals surface area contributed by atoms with Gasteiger partial charge in [-0.1, -0.05) is 0 Å². The van der Waals surface area contributed by atoms with E-state index in [1.54, 1.807) is 46.5 Å². The number of aromatic nitrogens is 2. The number of rotatable bonds is 10. The predicted molar refractivity (Wildman–Crippen MR) is 122 cm³/mol. The molecule has 1 aliphatic rings. The molecule has 2 rings (SSSR count). The first-order chi connectivity index (χ1) is 16.9. The van der Waals surface area contributed by atoms with E-state index in [1.807, 2.05) is 0 Å². The van der Waals surface area contributed by atoms with Crippen molar-refractivity contribution >= 4 is 19.8 Å². The topological polar surface area (TPSA) is 182 Å². The first-order valence-electron chi connectivity index (χ1n) is 11.2. The van der Waals surface area contributed by atoms with Gasteiger partial charge < -0.3 is 19.3 Å². The number of H-pyrrole nitrogens is 1. The van der Waals surface area contributed by atoms with Gasteiger partial charge in [-0.15, -0.1) is 0 Å². The number of phosphoric ester groups is 1. The number of ether oxygens (including phenoxy) is 3. The van der Waals surface area contributed by atoms with Crippen molar-refractivity contribution in [1.29, 1.82) is 0 Å². The van der Waals surface area contributed by atoms with Crippen LogP contribution in [0, 0.1) is 16.6 Å². The Kier molecular flexibility index (Phi) is 9.96. The Balaban J connectivity index is 2.06. The second-order valence-electron chi connectivity index (χ2n) is 10.2. The van der Waals surface area contributed by atoms with E-state index in [4.69, 9.17) is 27.8 Å². The molecule has 1 aromatic rings. The Bertz CT molecular complexity index is 1100. The SMILES string of the molecule is CC(C)(C)C(=O)OCOP(=O)(OCOC(=O)C(C)(C)C)OC[C@H]1O[C@@H](n2cc(F)c(=O)[nH]c2=O)CC1O. The summed E-state index contributed by atoms with van der Waals surface area (Å²) in [5, 5.41) is 10.3. The lowest BCUT2D eigenvalue weighted by atomic mass is 9.98. The molecule has 0 aliphatic carbocycles. The first-order valence-corrected chi connectivity index (χ1v) is 12.6. The molecule has 1 aromatic heterocycles. The molecule has 210 valence electrons. The van der Waals surface area contributed by atoms with Crippen LogP contribution in [0.2, 0.25) is 0 Å². The number of carbonyl (C=O) groups is 2. The van der Waals surface area contributed by atoms with E-state index >= 15 is 0 Å². The zero-order valence-corrected chi connectivity index (χ0v) is 22.2. The molecule has 16 heteroatoms. The molecule has 3 atom stereocenters. The number of aliphatic hydroxyl groups is 1. The van der Waals surface area contributed by atoms with Crippen LogP contribution in [0.25, 0.3) is 0 Å². The lowest BCUT2D eigenvalue weighted by Crippen LogP contribution is -2.34. The van der Waals surface area contributed by atoms with Crippen LogP contribution < -0.4 is 11.2 Å². The summed E-state index contributed by atoms with van der Waals surface area (Å²) in [4.78, 5) is 48.9. The summed E-state index contributed by atoms with van der Waals surface area (Å²) >= 11 is 0. The van der Waals surface area contributed by atoms with Gasteiger partial charge >= 0.3 is 25.5 Å². The number of aromatic amines is 1. The van der Waals surface area contributed by atoms with Gasteiger partial charge in [0.15, 0.2) is 0 Å². The number of nitrogens with one attached hydrogen (secondary N) is 1. The third kappa shape index (κ3) is 8.83. The standard InChI is InChI=1S/C21H32FN2O12P/c1-20(2,3)17(27)31-10-34-37(30,35-11-32-18(28)21(4,5)6)33-9-14-13(25)7-15(36-14)24-8-12(22)16(26)23-19(24)29/h8,13-15,25H,7,9-11H2,1-6H3,(H,23,26,29)/t13?,14-,15-/m1/s1. The fourth-order valence-corrected chi connectivity index (χ4v) is 3.63. The molecule has 1 saturated heterocycles. The first kappa shape index (κ1) is 30.8. The molecular formula is C21H32FN2O12P. The molecule has 0 radical (unpaired) electrons. The number of aliphatic hydroxyl groups excluding tert-OH is 1. The van der Waals surface area contributed by atoms with E-state index in [0.717, 1.165) is 4.57 Å². The Morgan fingerprint density at radius 1 is 1.08 bits per heavy atom. The van der Waals surface area contributed by atoms with Crippen LogP contribution in [0.5, 0.6) is 0 Å². The van der Waals surface area contributed by atoms with E-state index in [9.17, 15) is 33.2 Å².